The molecule has 0 aliphatic heterocycles. The summed E-state index contributed by atoms with van der Waals surface area (Å²) in [7, 11) is 0. The Bertz CT molecular complexity index is 869. The summed E-state index contributed by atoms with van der Waals surface area (Å²) in [6.07, 6.45) is 10.3. The molecule has 1 amide bonds. The minimum Gasteiger partial charge on any atom is -0.404 e. The highest BCUT2D eigenvalue weighted by Gasteiger charge is 2.46. The zero-order valence-electron chi connectivity index (χ0n) is 17.2. The average Bonchev–Trinajstić information content (AvgIpc) is 2.98. The Morgan fingerprint density at radius 3 is 2.79 bits per heavy atom. The standard InChI is InChI=1S/C24H30FN3O/c1-4-5-22(27-16(2)29)12-18-6-7-19-13-23(17(15-26)14-24(18,19)3)28-21-10-8-20(25)9-11-21/h4,8-11,13,15,18,22H,1,5-7,12,14,26H2,2-3H3,(H,27,29)/t18-,22?,24-/m1/s1. The Morgan fingerprint density at radius 2 is 2.17 bits per heavy atom. The van der Waals surface area contributed by atoms with E-state index in [9.17, 15) is 9.18 Å². The molecule has 1 unspecified atom stereocenters. The van der Waals surface area contributed by atoms with Crippen LogP contribution in [-0.2, 0) is 4.79 Å². The van der Waals surface area contributed by atoms with Crippen LogP contribution < -0.4 is 11.1 Å². The van der Waals surface area contributed by atoms with Crippen molar-refractivity contribution in [1.82, 2.24) is 5.32 Å². The van der Waals surface area contributed by atoms with Gasteiger partial charge >= 0.3 is 0 Å². The van der Waals surface area contributed by atoms with Crippen LogP contribution in [0.4, 0.5) is 10.1 Å². The molecule has 1 aromatic carbocycles. The van der Waals surface area contributed by atoms with Gasteiger partial charge in [-0.1, -0.05) is 18.6 Å². The van der Waals surface area contributed by atoms with Gasteiger partial charge in [0.2, 0.25) is 5.91 Å². The fourth-order valence-electron chi connectivity index (χ4n) is 4.76. The lowest BCUT2D eigenvalue weighted by atomic mass is 9.67. The Labute approximate surface area is 172 Å². The van der Waals surface area contributed by atoms with Gasteiger partial charge in [0.1, 0.15) is 5.82 Å². The van der Waals surface area contributed by atoms with Crippen LogP contribution in [0.25, 0.3) is 0 Å². The van der Waals surface area contributed by atoms with Crippen molar-refractivity contribution in [1.29, 1.82) is 0 Å². The summed E-state index contributed by atoms with van der Waals surface area (Å²) in [5.74, 6) is 0.175. The van der Waals surface area contributed by atoms with Gasteiger partial charge in [0.05, 0.1) is 11.4 Å². The molecule has 0 radical (unpaired) electrons. The number of aliphatic imine (C=N–C) groups is 1. The quantitative estimate of drug-likeness (QED) is 0.669. The van der Waals surface area contributed by atoms with Crippen molar-refractivity contribution in [3.05, 3.63) is 66.2 Å². The first kappa shape index (κ1) is 21.0. The van der Waals surface area contributed by atoms with Gasteiger partial charge in [-0.25, -0.2) is 9.38 Å². The van der Waals surface area contributed by atoms with Crippen LogP contribution in [0.3, 0.4) is 0 Å². The molecule has 2 aliphatic carbocycles. The third-order valence-electron chi connectivity index (χ3n) is 6.30. The molecule has 3 rings (SSSR count). The van der Waals surface area contributed by atoms with E-state index in [1.54, 1.807) is 25.3 Å². The molecule has 154 valence electrons. The number of nitrogens with two attached hydrogens (primary N) is 1. The minimum absolute atomic E-state index is 0.00401. The number of carbonyl (C=O) groups excluding carboxylic acids is 1. The smallest absolute Gasteiger partial charge is 0.217 e. The molecule has 3 N–H and O–H groups in total. The molecular formula is C24H30FN3O. The molecule has 3 atom stereocenters. The van der Waals surface area contributed by atoms with Crippen LogP contribution in [0.1, 0.15) is 46.0 Å². The number of allylic oxidation sites excluding steroid dienone is 3. The molecular weight excluding hydrogens is 365 g/mol. The molecule has 2 aliphatic rings. The van der Waals surface area contributed by atoms with Gasteiger partial charge in [-0.15, -0.1) is 6.58 Å². The fraction of sp³-hybridized carbons (Fsp3) is 0.417. The van der Waals surface area contributed by atoms with E-state index in [1.165, 1.54) is 17.7 Å². The zero-order chi connectivity index (χ0) is 21.0. The molecule has 1 aromatic rings. The fourth-order valence-corrected chi connectivity index (χ4v) is 4.76. The number of nitrogens with zero attached hydrogens (tertiary/aromatic N) is 1. The number of halogens is 1. The summed E-state index contributed by atoms with van der Waals surface area (Å²) in [6.45, 7) is 7.69. The first-order valence-corrected chi connectivity index (χ1v) is 10.2. The highest BCUT2D eigenvalue weighted by molar-refractivity contribution is 6.11. The number of rotatable bonds is 6. The number of benzene rings is 1. The Morgan fingerprint density at radius 1 is 1.45 bits per heavy atom. The summed E-state index contributed by atoms with van der Waals surface area (Å²) in [5.41, 5.74) is 9.94. The lowest BCUT2D eigenvalue weighted by Gasteiger charge is -2.38. The second-order valence-corrected chi connectivity index (χ2v) is 8.32. The highest BCUT2D eigenvalue weighted by atomic mass is 19.1. The van der Waals surface area contributed by atoms with Crippen molar-refractivity contribution in [3.63, 3.8) is 0 Å². The largest absolute Gasteiger partial charge is 0.404 e. The van der Waals surface area contributed by atoms with Crippen LogP contribution in [0.2, 0.25) is 0 Å². The molecule has 0 bridgehead atoms. The van der Waals surface area contributed by atoms with Gasteiger partial charge in [0.15, 0.2) is 0 Å². The molecule has 4 nitrogen and oxygen atoms in total. The maximum atomic E-state index is 13.2. The molecule has 0 aromatic heterocycles. The van der Waals surface area contributed by atoms with Gasteiger partial charge in [0.25, 0.3) is 0 Å². The van der Waals surface area contributed by atoms with E-state index < -0.39 is 0 Å². The van der Waals surface area contributed by atoms with Crippen molar-refractivity contribution >= 4 is 17.3 Å². The number of hydrogen-bond donors (Lipinski definition) is 2. The first-order chi connectivity index (χ1) is 13.9. The Hall–Kier alpha value is -2.69. The topological polar surface area (TPSA) is 67.5 Å². The maximum Gasteiger partial charge on any atom is 0.217 e. The van der Waals surface area contributed by atoms with Crippen LogP contribution in [0.5, 0.6) is 0 Å². The third-order valence-corrected chi connectivity index (χ3v) is 6.30. The number of carbonyl (C=O) groups is 1. The summed E-state index contributed by atoms with van der Waals surface area (Å²) in [4.78, 5) is 16.3. The predicted molar refractivity (Wildman–Crippen MR) is 116 cm³/mol. The van der Waals surface area contributed by atoms with Gasteiger partial charge in [0, 0.05) is 13.0 Å². The molecule has 0 saturated heterocycles. The molecule has 29 heavy (non-hydrogen) atoms. The molecule has 1 saturated carbocycles. The number of hydrogen-bond acceptors (Lipinski definition) is 3. The van der Waals surface area contributed by atoms with Crippen molar-refractivity contribution in [2.75, 3.05) is 0 Å². The SMILES string of the molecule is C=CCC(C[C@H]1CCC2=CC(=Nc3ccc(F)cc3)C(=CN)C[C@@]21C)NC(C)=O. The maximum absolute atomic E-state index is 13.2. The molecule has 5 heteroatoms. The van der Waals surface area contributed by atoms with Crippen molar-refractivity contribution in [2.45, 2.75) is 52.0 Å². The monoisotopic (exact) mass is 395 g/mol. The average molecular weight is 396 g/mol. The third kappa shape index (κ3) is 4.66. The van der Waals surface area contributed by atoms with Crippen LogP contribution >= 0.6 is 0 Å². The molecule has 1 fully saturated rings. The normalized spacial score (nSPS) is 27.4. The summed E-state index contributed by atoms with van der Waals surface area (Å²) in [5, 5.41) is 3.07. The summed E-state index contributed by atoms with van der Waals surface area (Å²) < 4.78 is 13.2. The van der Waals surface area contributed by atoms with Crippen molar-refractivity contribution in [3.8, 4) is 0 Å². The van der Waals surface area contributed by atoms with Gasteiger partial charge in [-0.2, -0.15) is 0 Å². The van der Waals surface area contributed by atoms with E-state index in [2.05, 4.69) is 24.9 Å². The second kappa shape index (κ2) is 8.76. The lowest BCUT2D eigenvalue weighted by Crippen LogP contribution is -2.38. The molecule has 0 heterocycles. The van der Waals surface area contributed by atoms with Crippen LogP contribution in [-0.4, -0.2) is 17.7 Å². The first-order valence-electron chi connectivity index (χ1n) is 10.2. The predicted octanol–water partition coefficient (Wildman–Crippen LogP) is 4.96. The highest BCUT2D eigenvalue weighted by Crippen LogP contribution is 2.55. The van der Waals surface area contributed by atoms with Crippen LogP contribution in [0, 0.1) is 17.2 Å². The number of amides is 1. The van der Waals surface area contributed by atoms with Gasteiger partial charge in [-0.3, -0.25) is 4.79 Å². The zero-order valence-corrected chi connectivity index (χ0v) is 17.2. The van der Waals surface area contributed by atoms with E-state index in [-0.39, 0.29) is 23.2 Å². The van der Waals surface area contributed by atoms with Gasteiger partial charge in [-0.05, 0) is 85.6 Å². The lowest BCUT2D eigenvalue weighted by molar-refractivity contribution is -0.119. The minimum atomic E-state index is -0.273. The Balaban J connectivity index is 1.87. The van der Waals surface area contributed by atoms with E-state index in [0.717, 1.165) is 43.4 Å². The molecule has 0 spiro atoms. The number of fused-ring (bicyclic) bond motifs is 1. The van der Waals surface area contributed by atoms with E-state index >= 15 is 0 Å². The van der Waals surface area contributed by atoms with Crippen molar-refractivity contribution < 1.29 is 9.18 Å². The second-order valence-electron chi connectivity index (χ2n) is 8.32. The van der Waals surface area contributed by atoms with E-state index in [0.29, 0.717) is 11.6 Å². The summed E-state index contributed by atoms with van der Waals surface area (Å²) in [6, 6.07) is 6.28. The Kier molecular flexibility index (Phi) is 6.36. The summed E-state index contributed by atoms with van der Waals surface area (Å²) >= 11 is 0. The van der Waals surface area contributed by atoms with E-state index in [1.807, 2.05) is 6.08 Å². The van der Waals surface area contributed by atoms with Crippen LogP contribution in [0.15, 0.2) is 65.3 Å². The number of nitrogens with one attached hydrogen (secondary N) is 1. The van der Waals surface area contributed by atoms with E-state index in [4.69, 9.17) is 10.7 Å². The van der Waals surface area contributed by atoms with Gasteiger partial charge < -0.3 is 11.1 Å². The van der Waals surface area contributed by atoms with Crippen molar-refractivity contribution in [2.24, 2.45) is 22.1 Å².